The summed E-state index contributed by atoms with van der Waals surface area (Å²) in [6, 6.07) is 8.55. The van der Waals surface area contributed by atoms with E-state index in [9.17, 15) is 0 Å². The average molecular weight is 244 g/mol. The number of rotatable bonds is 3. The van der Waals surface area contributed by atoms with E-state index in [1.807, 2.05) is 0 Å². The van der Waals surface area contributed by atoms with Crippen molar-refractivity contribution in [1.82, 2.24) is 9.88 Å². The van der Waals surface area contributed by atoms with Crippen LogP contribution in [-0.4, -0.2) is 23.3 Å². The summed E-state index contributed by atoms with van der Waals surface area (Å²) in [6.07, 6.45) is 3.31. The molecular formula is C15H20N2O. The van der Waals surface area contributed by atoms with E-state index in [1.165, 1.54) is 16.5 Å². The molecular weight excluding hydrogens is 224 g/mol. The summed E-state index contributed by atoms with van der Waals surface area (Å²) >= 11 is 0. The number of hydrogen-bond donors (Lipinski definition) is 1. The van der Waals surface area contributed by atoms with Gasteiger partial charge in [0.1, 0.15) is 0 Å². The smallest absolute Gasteiger partial charge is 0.0646 e. The molecule has 1 aromatic heterocycles. The molecule has 0 radical (unpaired) electrons. The molecule has 0 bridgehead atoms. The number of ether oxygens (including phenoxy) is 1. The first-order chi connectivity index (χ1) is 8.68. The number of hydrogen-bond acceptors (Lipinski definition) is 2. The predicted molar refractivity (Wildman–Crippen MR) is 73.6 cm³/mol. The van der Waals surface area contributed by atoms with Crippen LogP contribution in [0.2, 0.25) is 0 Å². The highest BCUT2D eigenvalue weighted by Crippen LogP contribution is 2.22. The Morgan fingerprint density at radius 1 is 1.39 bits per heavy atom. The fraction of sp³-hybridized carbons (Fsp3) is 0.467. The van der Waals surface area contributed by atoms with Gasteiger partial charge in [-0.25, -0.2) is 0 Å². The van der Waals surface area contributed by atoms with Crippen molar-refractivity contribution in [3.63, 3.8) is 0 Å². The highest BCUT2D eigenvalue weighted by Gasteiger charge is 2.28. The van der Waals surface area contributed by atoms with Crippen LogP contribution in [0.15, 0.2) is 30.5 Å². The van der Waals surface area contributed by atoms with Gasteiger partial charge in [0.15, 0.2) is 0 Å². The lowest BCUT2D eigenvalue weighted by Gasteiger charge is -2.23. The molecule has 0 saturated carbocycles. The summed E-state index contributed by atoms with van der Waals surface area (Å²) < 4.78 is 7.67. The fourth-order valence-electron chi connectivity index (χ4n) is 2.68. The lowest BCUT2D eigenvalue weighted by molar-refractivity contribution is 0.171. The van der Waals surface area contributed by atoms with Gasteiger partial charge in [-0.1, -0.05) is 18.2 Å². The zero-order chi connectivity index (χ0) is 12.6. The first-order valence-electron chi connectivity index (χ1n) is 6.54. The highest BCUT2D eigenvalue weighted by atomic mass is 16.5. The Morgan fingerprint density at radius 2 is 2.22 bits per heavy atom. The minimum absolute atomic E-state index is 0.136. The van der Waals surface area contributed by atoms with Crippen LogP contribution in [-0.2, 0) is 18.3 Å². The van der Waals surface area contributed by atoms with Gasteiger partial charge in [-0.2, -0.15) is 0 Å². The first-order valence-corrected chi connectivity index (χ1v) is 6.54. The maximum atomic E-state index is 5.47. The molecule has 0 spiro atoms. The van der Waals surface area contributed by atoms with Gasteiger partial charge >= 0.3 is 0 Å². The molecule has 96 valence electrons. The van der Waals surface area contributed by atoms with Crippen molar-refractivity contribution in [2.24, 2.45) is 7.05 Å². The Balaban J connectivity index is 1.82. The molecule has 1 aliphatic rings. The van der Waals surface area contributed by atoms with Gasteiger partial charge in [-0.3, -0.25) is 0 Å². The zero-order valence-corrected chi connectivity index (χ0v) is 11.1. The molecule has 1 unspecified atom stereocenters. The van der Waals surface area contributed by atoms with Gasteiger partial charge < -0.3 is 14.6 Å². The summed E-state index contributed by atoms with van der Waals surface area (Å²) in [5.41, 5.74) is 2.79. The van der Waals surface area contributed by atoms with Crippen molar-refractivity contribution in [3.8, 4) is 0 Å². The summed E-state index contributed by atoms with van der Waals surface area (Å²) in [5, 5.41) is 4.98. The lowest BCUT2D eigenvalue weighted by Crippen LogP contribution is -2.42. The molecule has 1 aromatic carbocycles. The second-order valence-corrected chi connectivity index (χ2v) is 5.50. The number of benzene rings is 1. The molecule has 18 heavy (non-hydrogen) atoms. The molecule has 1 atom stereocenters. The Kier molecular flexibility index (Phi) is 2.88. The Labute approximate surface area is 108 Å². The van der Waals surface area contributed by atoms with Crippen molar-refractivity contribution in [3.05, 3.63) is 36.0 Å². The fourth-order valence-corrected chi connectivity index (χ4v) is 2.68. The third kappa shape index (κ3) is 2.04. The van der Waals surface area contributed by atoms with Crippen LogP contribution in [0.5, 0.6) is 0 Å². The predicted octanol–water partition coefficient (Wildman–Crippen LogP) is 2.45. The van der Waals surface area contributed by atoms with E-state index in [2.05, 4.69) is 54.3 Å². The normalized spacial score (nSPS) is 23.9. The van der Waals surface area contributed by atoms with Crippen LogP contribution >= 0.6 is 0 Å². The van der Waals surface area contributed by atoms with Gasteiger partial charge in [-0.15, -0.1) is 0 Å². The number of aryl methyl sites for hydroxylation is 1. The van der Waals surface area contributed by atoms with E-state index in [1.54, 1.807) is 0 Å². The molecule has 1 fully saturated rings. The number of nitrogens with zero attached hydrogens (tertiary/aromatic N) is 1. The molecule has 3 rings (SSSR count). The number of aromatic nitrogens is 1. The van der Waals surface area contributed by atoms with Crippen LogP contribution in [0.25, 0.3) is 10.9 Å². The Morgan fingerprint density at radius 3 is 3.00 bits per heavy atom. The molecule has 1 saturated heterocycles. The maximum absolute atomic E-state index is 5.47. The molecule has 0 amide bonds. The molecule has 2 heterocycles. The van der Waals surface area contributed by atoms with Crippen molar-refractivity contribution < 1.29 is 4.74 Å². The van der Waals surface area contributed by atoms with E-state index in [0.717, 1.165) is 26.2 Å². The minimum Gasteiger partial charge on any atom is -0.379 e. The molecule has 2 aromatic rings. The maximum Gasteiger partial charge on any atom is 0.0646 e. The van der Waals surface area contributed by atoms with E-state index < -0.39 is 0 Å². The molecule has 1 N–H and O–H groups in total. The monoisotopic (exact) mass is 244 g/mol. The van der Waals surface area contributed by atoms with Crippen LogP contribution in [0, 0.1) is 0 Å². The average Bonchev–Trinajstić information content (AvgIpc) is 2.94. The summed E-state index contributed by atoms with van der Waals surface area (Å²) in [5.74, 6) is 0. The zero-order valence-electron chi connectivity index (χ0n) is 11.1. The minimum atomic E-state index is 0.136. The van der Waals surface area contributed by atoms with Crippen molar-refractivity contribution in [2.45, 2.75) is 25.4 Å². The van der Waals surface area contributed by atoms with E-state index in [0.29, 0.717) is 0 Å². The van der Waals surface area contributed by atoms with E-state index in [4.69, 9.17) is 4.74 Å². The van der Waals surface area contributed by atoms with E-state index in [-0.39, 0.29) is 5.54 Å². The molecule has 3 nitrogen and oxygen atoms in total. The quantitative estimate of drug-likeness (QED) is 0.897. The summed E-state index contributed by atoms with van der Waals surface area (Å²) in [7, 11) is 2.10. The molecule has 3 heteroatoms. The van der Waals surface area contributed by atoms with E-state index >= 15 is 0 Å². The largest absolute Gasteiger partial charge is 0.379 e. The van der Waals surface area contributed by atoms with Crippen molar-refractivity contribution in [1.29, 1.82) is 0 Å². The van der Waals surface area contributed by atoms with Gasteiger partial charge in [0, 0.05) is 42.8 Å². The van der Waals surface area contributed by atoms with Gasteiger partial charge in [0.2, 0.25) is 0 Å². The third-order valence-corrected chi connectivity index (χ3v) is 3.90. The Hall–Kier alpha value is -1.32. The first kappa shape index (κ1) is 11.8. The molecule has 1 aliphatic heterocycles. The second-order valence-electron chi connectivity index (χ2n) is 5.50. The van der Waals surface area contributed by atoms with Crippen molar-refractivity contribution in [2.75, 3.05) is 13.2 Å². The number of para-hydroxylation sites is 1. The Bertz CT molecular complexity index is 553. The summed E-state index contributed by atoms with van der Waals surface area (Å²) in [4.78, 5) is 0. The van der Waals surface area contributed by atoms with Crippen molar-refractivity contribution >= 4 is 10.9 Å². The highest BCUT2D eigenvalue weighted by molar-refractivity contribution is 5.83. The number of fused-ring (bicyclic) bond motifs is 1. The van der Waals surface area contributed by atoms with Gasteiger partial charge in [-0.05, 0) is 25.0 Å². The SMILES string of the molecule is Cn1cc(CNC2(C)CCOC2)c2ccccc21. The van der Waals surface area contributed by atoms with Gasteiger partial charge in [0.05, 0.1) is 6.61 Å². The number of nitrogens with one attached hydrogen (secondary N) is 1. The van der Waals surface area contributed by atoms with Gasteiger partial charge in [0.25, 0.3) is 0 Å². The topological polar surface area (TPSA) is 26.2 Å². The second kappa shape index (κ2) is 4.41. The van der Waals surface area contributed by atoms with Crippen LogP contribution in [0.3, 0.4) is 0 Å². The lowest BCUT2D eigenvalue weighted by atomic mass is 10.0. The molecule has 0 aliphatic carbocycles. The standard InChI is InChI=1S/C15H20N2O/c1-15(7-8-18-11-15)16-9-12-10-17(2)14-6-4-3-5-13(12)14/h3-6,10,16H,7-9,11H2,1-2H3. The van der Waals surface area contributed by atoms with Crippen LogP contribution < -0.4 is 5.32 Å². The van der Waals surface area contributed by atoms with Crippen LogP contribution in [0.4, 0.5) is 0 Å². The van der Waals surface area contributed by atoms with Crippen LogP contribution in [0.1, 0.15) is 18.9 Å². The summed E-state index contributed by atoms with van der Waals surface area (Å²) in [6.45, 7) is 4.84. The third-order valence-electron chi connectivity index (χ3n) is 3.90.